The molecule has 0 saturated carbocycles. The number of halogens is 1. The molecule has 0 aliphatic rings. The number of hydrogen-bond acceptors (Lipinski definition) is 4. The van der Waals surface area contributed by atoms with Gasteiger partial charge in [-0.05, 0) is 259 Å². The highest BCUT2D eigenvalue weighted by Gasteiger charge is 2.26. The number of aromatic nitrogens is 6. The van der Waals surface area contributed by atoms with Crippen LogP contribution in [0.5, 0.6) is 0 Å². The number of nitrogen functional groups attached to an aromatic ring is 1. The maximum atomic E-state index is 5.64. The van der Waals surface area contributed by atoms with E-state index in [9.17, 15) is 0 Å². The average molecular weight is 1930 g/mol. The summed E-state index contributed by atoms with van der Waals surface area (Å²) in [7, 11) is 2.18. The minimum absolute atomic E-state index is 0.755. The van der Waals surface area contributed by atoms with Crippen molar-refractivity contribution in [2.24, 2.45) is 7.05 Å². The second-order valence-corrected chi connectivity index (χ2v) is 39.0. The molecule has 21 aromatic carbocycles. The lowest BCUT2D eigenvalue weighted by molar-refractivity contribution is 0.869. The quantitative estimate of drug-likeness (QED) is 0.0728. The molecule has 10 nitrogen and oxygen atoms in total. The van der Waals surface area contributed by atoms with E-state index >= 15 is 0 Å². The first-order valence-corrected chi connectivity index (χ1v) is 50.7. The van der Waals surface area contributed by atoms with Crippen LogP contribution in [0.25, 0.3) is 131 Å². The smallest absolute Gasteiger partial charge is 0.0496 e. The van der Waals surface area contributed by atoms with Crippen LogP contribution < -0.4 is 20.4 Å². The van der Waals surface area contributed by atoms with Crippen molar-refractivity contribution in [1.29, 1.82) is 0 Å². The van der Waals surface area contributed by atoms with Crippen LogP contribution in [0.3, 0.4) is 0 Å². The zero-order valence-corrected chi connectivity index (χ0v) is 82.2. The summed E-state index contributed by atoms with van der Waals surface area (Å²) in [6.45, 7) is 6.05. The molecule has 0 spiro atoms. The highest BCUT2D eigenvalue weighted by atomic mass is 79.9. The molecule has 0 bridgehead atoms. The van der Waals surface area contributed by atoms with Gasteiger partial charge in [0.05, 0.1) is 0 Å². The maximum Gasteiger partial charge on any atom is 0.0496 e. The molecule has 0 fully saturated rings. The van der Waals surface area contributed by atoms with Gasteiger partial charge in [0.2, 0.25) is 0 Å². The zero-order chi connectivity index (χ0) is 97.0. The van der Waals surface area contributed by atoms with Crippen LogP contribution >= 0.6 is 15.9 Å². The molecule has 6 aromatic heterocycles. The highest BCUT2D eigenvalue weighted by Crippen LogP contribution is 2.49. The molecule has 696 valence electrons. The van der Waals surface area contributed by atoms with Crippen molar-refractivity contribution in [3.63, 3.8) is 0 Å². The number of rotatable bonds is 21. The molecule has 11 heteroatoms. The van der Waals surface area contributed by atoms with Gasteiger partial charge in [-0.2, -0.15) is 0 Å². The lowest BCUT2D eigenvalue weighted by Crippen LogP contribution is -2.13. The van der Waals surface area contributed by atoms with Gasteiger partial charge in [-0.1, -0.05) is 319 Å². The van der Waals surface area contributed by atoms with E-state index in [1.165, 1.54) is 175 Å². The Balaban J connectivity index is 0.000000253. The number of fused-ring (bicyclic) bond motifs is 18. The van der Waals surface area contributed by atoms with Crippen molar-refractivity contribution >= 4 is 204 Å². The van der Waals surface area contributed by atoms with E-state index in [1.54, 1.807) is 0 Å². The number of anilines is 10. The van der Waals surface area contributed by atoms with Gasteiger partial charge in [0.1, 0.15) is 0 Å². The topological polar surface area (TPSA) is 65.3 Å². The van der Waals surface area contributed by atoms with Crippen molar-refractivity contribution < 1.29 is 0 Å². The SMILES string of the molecule is Brc1ccc2c(c1)c1ccccc1n2Cc1ccccc1.Cc1ccc(Cc2ccc(N)cc2)cc1.Cn1c2ccccc2c2cc(N(c3ccc(N(c4ccc(N(c5ccc6c(c5)c5ccccc5n6Cc5ccccc5)c5ccc6c(c5)c5ccccc5n6Cc5ccccc5)cc4)c4ccc5c(c4)c4ccccc4n5Cc4ccccc4)cc3)c3ccc4c(c3)c3ccccc3n4Cc3ccccc3)ccc21. The lowest BCUT2D eigenvalue weighted by Gasteiger charge is -2.30. The summed E-state index contributed by atoms with van der Waals surface area (Å²) in [6.07, 6.45) is 0.973. The minimum atomic E-state index is 0.755. The van der Waals surface area contributed by atoms with E-state index in [0.717, 1.165) is 100 Å². The third-order valence-electron chi connectivity index (χ3n) is 29.1. The van der Waals surface area contributed by atoms with Crippen LogP contribution in [-0.4, -0.2) is 27.4 Å². The summed E-state index contributed by atoms with van der Waals surface area (Å²) >= 11 is 3.58. The van der Waals surface area contributed by atoms with Crippen molar-refractivity contribution in [3.8, 4) is 0 Å². The second-order valence-electron chi connectivity index (χ2n) is 38.1. The fourth-order valence-corrected chi connectivity index (χ4v) is 22.5. The zero-order valence-electron chi connectivity index (χ0n) is 80.6. The first-order valence-electron chi connectivity index (χ1n) is 49.9. The monoisotopic (exact) mass is 1930 g/mol. The fourth-order valence-electron chi connectivity index (χ4n) is 22.1. The van der Waals surface area contributed by atoms with Crippen LogP contribution in [0.2, 0.25) is 0 Å². The standard InChI is InChI=1S/C101H74N8.C19H14BrN.C14H15N/c1-102-92-37-19-14-32-82(92)87-60-78(50-55-93(87)102)108(79-52-57-99-89(62-79)84-34-16-21-39-95(84)104(99)66-70-26-8-3-9-27-70)75-46-42-73(43-47-75)107(77-51-56-98-88(61-77)83-33-15-20-38-94(83)103(98)65-69-24-6-2-7-25-69)74-44-48-76(49-45-74)109(80-53-58-100-90(63-80)85-35-17-22-40-96(85)105(100)67-71-28-10-4-11-29-71)81-54-59-101-91(64-81)86-36-18-23-41-97(86)106(101)68-72-30-12-5-13-31-72;20-15-10-11-19-17(12-15)16-8-4-5-9-18(16)21(19)13-14-6-2-1-3-7-14;1-11-2-4-12(5-3-11)10-13-6-8-14(15)9-7-13/h2-64H,65-68H2,1H3;1-12H,13H2;2-9H,10,15H2,1H3. The minimum Gasteiger partial charge on any atom is -0.399 e. The van der Waals surface area contributed by atoms with E-state index in [0.29, 0.717) is 0 Å². The normalized spacial score (nSPS) is 11.6. The number of nitrogens with two attached hydrogens (primary N) is 1. The van der Waals surface area contributed by atoms with Crippen molar-refractivity contribution in [2.45, 2.75) is 46.1 Å². The molecule has 27 aromatic rings. The maximum absolute atomic E-state index is 5.64. The Bertz CT molecular complexity index is 9270. The Kier molecular flexibility index (Phi) is 23.4. The van der Waals surface area contributed by atoms with E-state index < -0.39 is 0 Å². The van der Waals surface area contributed by atoms with Gasteiger partial charge in [0.15, 0.2) is 0 Å². The summed E-state index contributed by atoms with van der Waals surface area (Å²) in [5.41, 5.74) is 40.9. The van der Waals surface area contributed by atoms with E-state index in [4.69, 9.17) is 5.73 Å². The molecule has 0 radical (unpaired) electrons. The number of para-hydroxylation sites is 6. The van der Waals surface area contributed by atoms with Gasteiger partial charge in [-0.25, -0.2) is 0 Å². The van der Waals surface area contributed by atoms with Crippen LogP contribution in [-0.2, 0) is 46.2 Å². The summed E-state index contributed by atoms with van der Waals surface area (Å²) < 4.78 is 15.7. The molecule has 0 amide bonds. The van der Waals surface area contributed by atoms with Gasteiger partial charge in [0, 0.05) is 232 Å². The molecule has 0 aliphatic heterocycles. The molecule has 145 heavy (non-hydrogen) atoms. The van der Waals surface area contributed by atoms with E-state index in [2.05, 4.69) is 563 Å². The molecule has 6 heterocycles. The van der Waals surface area contributed by atoms with Crippen molar-refractivity contribution in [3.05, 3.63) is 552 Å². The molecule has 2 N–H and O–H groups in total. The van der Waals surface area contributed by atoms with E-state index in [-0.39, 0.29) is 0 Å². The molecule has 0 saturated heterocycles. The number of benzene rings is 21. The van der Waals surface area contributed by atoms with E-state index in [1.807, 2.05) is 12.1 Å². The molecule has 0 aliphatic carbocycles. The number of aryl methyl sites for hydroxylation is 2. The van der Waals surface area contributed by atoms with Crippen LogP contribution in [0.15, 0.2) is 508 Å². The summed E-state index contributed by atoms with van der Waals surface area (Å²) in [5, 5.41) is 14.8. The Morgan fingerprint density at radius 2 is 0.386 bits per heavy atom. The molecular weight excluding hydrogens is 1830 g/mol. The summed E-state index contributed by atoms with van der Waals surface area (Å²) in [4.78, 5) is 7.36. The Hall–Kier alpha value is -17.9. The van der Waals surface area contributed by atoms with Crippen molar-refractivity contribution in [2.75, 3.05) is 20.4 Å². The first-order chi connectivity index (χ1) is 71.5. The van der Waals surface area contributed by atoms with Gasteiger partial charge in [0.25, 0.3) is 0 Å². The molecule has 0 atom stereocenters. The Morgan fingerprint density at radius 3 is 0.676 bits per heavy atom. The predicted molar refractivity (Wildman–Crippen MR) is 616 cm³/mol. The summed E-state index contributed by atoms with van der Waals surface area (Å²) in [6, 6.07) is 184. The third-order valence-corrected chi connectivity index (χ3v) is 29.6. The second kappa shape index (κ2) is 38.3. The van der Waals surface area contributed by atoms with Gasteiger partial charge >= 0.3 is 0 Å². The predicted octanol–water partition coefficient (Wildman–Crippen LogP) is 35.1. The highest BCUT2D eigenvalue weighted by molar-refractivity contribution is 9.10. The first kappa shape index (κ1) is 88.5. The fraction of sp³-hybridized carbons (Fsp3) is 0.0597. The van der Waals surface area contributed by atoms with Gasteiger partial charge in [-0.15, -0.1) is 0 Å². The van der Waals surface area contributed by atoms with Gasteiger partial charge < -0.3 is 47.8 Å². The number of hydrogen-bond donors (Lipinski definition) is 1. The molecule has 0 unspecified atom stereocenters. The Labute approximate surface area is 850 Å². The van der Waals surface area contributed by atoms with Crippen LogP contribution in [0.4, 0.5) is 56.9 Å². The van der Waals surface area contributed by atoms with Crippen LogP contribution in [0, 0.1) is 6.92 Å². The lowest BCUT2D eigenvalue weighted by atomic mass is 10.0. The van der Waals surface area contributed by atoms with Crippen molar-refractivity contribution in [1.82, 2.24) is 27.4 Å². The van der Waals surface area contributed by atoms with Gasteiger partial charge in [-0.3, -0.25) is 0 Å². The average Bonchev–Trinajstić information content (AvgIpc) is 1.63. The van der Waals surface area contributed by atoms with Crippen LogP contribution in [0.1, 0.15) is 44.5 Å². The largest absolute Gasteiger partial charge is 0.399 e. The molecular formula is C134H103BrN10. The number of nitrogens with zero attached hydrogens (tertiary/aromatic N) is 9. The summed E-state index contributed by atoms with van der Waals surface area (Å²) in [5.74, 6) is 0. The molecule has 27 rings (SSSR count). The third kappa shape index (κ3) is 17.0. The Morgan fingerprint density at radius 1 is 0.186 bits per heavy atom.